The zero-order valence-corrected chi connectivity index (χ0v) is 11.8. The molecule has 0 saturated carbocycles. The van der Waals surface area contributed by atoms with Crippen LogP contribution in [0.1, 0.15) is 36.0 Å². The number of rotatable bonds is 5. The fourth-order valence-electron chi connectivity index (χ4n) is 3.16. The zero-order chi connectivity index (χ0) is 13.0. The van der Waals surface area contributed by atoms with Crippen molar-refractivity contribution in [3.05, 3.63) is 34.9 Å². The third-order valence-electron chi connectivity index (χ3n) is 4.39. The van der Waals surface area contributed by atoms with Crippen LogP contribution < -0.4 is 0 Å². The second kappa shape index (κ2) is 5.85. The Bertz CT molecular complexity index is 394. The molecule has 0 spiro atoms. The minimum absolute atomic E-state index is 0.326. The molecule has 1 saturated heterocycles. The van der Waals surface area contributed by atoms with Crippen LogP contribution in [0.3, 0.4) is 0 Å². The van der Waals surface area contributed by atoms with Crippen molar-refractivity contribution < 1.29 is 9.59 Å². The summed E-state index contributed by atoms with van der Waals surface area (Å²) in [5, 5.41) is 9.08. The standard InChI is InChI=1S/C16H26NO/c1-14-6-7-16(12-15(14)2)13-17(10-5-11-18)8-3-4-9-17/h6-7,12,18H,3-5,8-11,13H2,1-2H3/q+1. The summed E-state index contributed by atoms with van der Waals surface area (Å²) >= 11 is 0. The van der Waals surface area contributed by atoms with E-state index in [9.17, 15) is 0 Å². The summed E-state index contributed by atoms with van der Waals surface area (Å²) in [6, 6.07) is 6.86. The monoisotopic (exact) mass is 248 g/mol. The topological polar surface area (TPSA) is 20.2 Å². The number of likely N-dealkylation sites (tertiary alicyclic amines) is 1. The van der Waals surface area contributed by atoms with E-state index < -0.39 is 0 Å². The summed E-state index contributed by atoms with van der Waals surface area (Å²) < 4.78 is 1.18. The van der Waals surface area contributed by atoms with Crippen LogP contribution in [0.2, 0.25) is 0 Å². The summed E-state index contributed by atoms with van der Waals surface area (Å²) in [7, 11) is 0. The van der Waals surface area contributed by atoms with Gasteiger partial charge in [0, 0.05) is 31.4 Å². The van der Waals surface area contributed by atoms with E-state index in [0.717, 1.165) is 19.5 Å². The first-order valence-electron chi connectivity index (χ1n) is 7.17. The van der Waals surface area contributed by atoms with Gasteiger partial charge in [0.25, 0.3) is 0 Å². The molecule has 1 heterocycles. The van der Waals surface area contributed by atoms with Gasteiger partial charge >= 0.3 is 0 Å². The van der Waals surface area contributed by atoms with Crippen molar-refractivity contribution in [1.29, 1.82) is 0 Å². The molecule has 1 aliphatic rings. The highest BCUT2D eigenvalue weighted by atomic mass is 16.3. The molecule has 0 unspecified atom stereocenters. The molecule has 2 nitrogen and oxygen atoms in total. The molecule has 1 fully saturated rings. The highest BCUT2D eigenvalue weighted by Gasteiger charge is 2.31. The van der Waals surface area contributed by atoms with Crippen LogP contribution in [0.25, 0.3) is 0 Å². The maximum absolute atomic E-state index is 9.08. The quantitative estimate of drug-likeness (QED) is 0.794. The van der Waals surface area contributed by atoms with Gasteiger partial charge in [0.2, 0.25) is 0 Å². The number of hydrogen-bond donors (Lipinski definition) is 1. The molecular formula is C16H26NO+. The van der Waals surface area contributed by atoms with Gasteiger partial charge < -0.3 is 9.59 Å². The maximum Gasteiger partial charge on any atom is 0.104 e. The Kier molecular flexibility index (Phi) is 4.41. The van der Waals surface area contributed by atoms with Crippen molar-refractivity contribution in [3.63, 3.8) is 0 Å². The lowest BCUT2D eigenvalue weighted by Crippen LogP contribution is -2.45. The Balaban J connectivity index is 2.10. The van der Waals surface area contributed by atoms with Crippen LogP contribution in [0.15, 0.2) is 18.2 Å². The number of aliphatic hydroxyl groups excluding tert-OH is 1. The van der Waals surface area contributed by atoms with Gasteiger partial charge in [0.05, 0.1) is 19.6 Å². The molecule has 1 aromatic carbocycles. The van der Waals surface area contributed by atoms with Crippen molar-refractivity contribution in [1.82, 2.24) is 0 Å². The first-order valence-corrected chi connectivity index (χ1v) is 7.17. The lowest BCUT2D eigenvalue weighted by Gasteiger charge is -2.34. The van der Waals surface area contributed by atoms with E-state index in [0.29, 0.717) is 6.61 Å². The number of benzene rings is 1. The molecule has 18 heavy (non-hydrogen) atoms. The molecule has 0 radical (unpaired) electrons. The van der Waals surface area contributed by atoms with Gasteiger partial charge in [0.15, 0.2) is 0 Å². The molecule has 2 heteroatoms. The Hall–Kier alpha value is -0.860. The molecule has 1 N–H and O–H groups in total. The number of aliphatic hydroxyl groups is 1. The first kappa shape index (κ1) is 13.6. The molecule has 0 atom stereocenters. The summed E-state index contributed by atoms with van der Waals surface area (Å²) in [6.07, 6.45) is 3.62. The molecule has 1 aliphatic heterocycles. The fourth-order valence-corrected chi connectivity index (χ4v) is 3.16. The largest absolute Gasteiger partial charge is 0.396 e. The fraction of sp³-hybridized carbons (Fsp3) is 0.625. The van der Waals surface area contributed by atoms with E-state index in [1.807, 2.05) is 0 Å². The number of hydrogen-bond acceptors (Lipinski definition) is 1. The lowest BCUT2D eigenvalue weighted by atomic mass is 10.1. The van der Waals surface area contributed by atoms with E-state index in [2.05, 4.69) is 32.0 Å². The summed E-state index contributed by atoms with van der Waals surface area (Å²) in [5.74, 6) is 0. The summed E-state index contributed by atoms with van der Waals surface area (Å²) in [5.41, 5.74) is 4.23. The second-order valence-corrected chi connectivity index (χ2v) is 5.87. The van der Waals surface area contributed by atoms with Crippen molar-refractivity contribution in [2.45, 2.75) is 39.7 Å². The van der Waals surface area contributed by atoms with Crippen LogP contribution in [-0.4, -0.2) is 35.8 Å². The normalized spacial score (nSPS) is 18.2. The van der Waals surface area contributed by atoms with E-state index in [1.54, 1.807) is 0 Å². The Morgan fingerprint density at radius 1 is 1.11 bits per heavy atom. The number of nitrogens with zero attached hydrogens (tertiary/aromatic N) is 1. The van der Waals surface area contributed by atoms with Crippen molar-refractivity contribution >= 4 is 0 Å². The van der Waals surface area contributed by atoms with Crippen LogP contribution in [0.5, 0.6) is 0 Å². The molecule has 0 aromatic heterocycles. The van der Waals surface area contributed by atoms with Gasteiger partial charge in [-0.3, -0.25) is 0 Å². The van der Waals surface area contributed by atoms with E-state index >= 15 is 0 Å². The molecular weight excluding hydrogens is 222 g/mol. The molecule has 0 amide bonds. The summed E-state index contributed by atoms with van der Waals surface area (Å²) in [4.78, 5) is 0. The molecule has 0 bridgehead atoms. The minimum atomic E-state index is 0.326. The smallest absolute Gasteiger partial charge is 0.104 e. The lowest BCUT2D eigenvalue weighted by molar-refractivity contribution is -0.930. The van der Waals surface area contributed by atoms with Crippen LogP contribution in [0, 0.1) is 13.8 Å². The van der Waals surface area contributed by atoms with E-state index in [-0.39, 0.29) is 0 Å². The average Bonchev–Trinajstić information content (AvgIpc) is 2.80. The third kappa shape index (κ3) is 3.12. The Morgan fingerprint density at radius 3 is 2.44 bits per heavy atom. The van der Waals surface area contributed by atoms with Crippen molar-refractivity contribution in [2.75, 3.05) is 26.2 Å². The van der Waals surface area contributed by atoms with Crippen LogP contribution in [0.4, 0.5) is 0 Å². The van der Waals surface area contributed by atoms with Crippen LogP contribution >= 0.6 is 0 Å². The SMILES string of the molecule is Cc1ccc(C[N+]2(CCCO)CCCC2)cc1C. The summed E-state index contributed by atoms with van der Waals surface area (Å²) in [6.45, 7) is 9.53. The number of aryl methyl sites for hydroxylation is 2. The van der Waals surface area contributed by atoms with Gasteiger partial charge in [-0.05, 0) is 25.0 Å². The molecule has 1 aromatic rings. The molecule has 0 aliphatic carbocycles. The minimum Gasteiger partial charge on any atom is -0.396 e. The number of quaternary nitrogens is 1. The van der Waals surface area contributed by atoms with Crippen molar-refractivity contribution in [3.8, 4) is 0 Å². The van der Waals surface area contributed by atoms with Gasteiger partial charge in [-0.2, -0.15) is 0 Å². The predicted octanol–water partition coefficient (Wildman–Crippen LogP) is 2.80. The molecule has 2 rings (SSSR count). The van der Waals surface area contributed by atoms with E-state index in [4.69, 9.17) is 5.11 Å². The van der Waals surface area contributed by atoms with Crippen molar-refractivity contribution in [2.24, 2.45) is 0 Å². The second-order valence-electron chi connectivity index (χ2n) is 5.87. The van der Waals surface area contributed by atoms with Gasteiger partial charge in [-0.25, -0.2) is 0 Å². The zero-order valence-electron chi connectivity index (χ0n) is 11.8. The highest BCUT2D eigenvalue weighted by molar-refractivity contribution is 5.29. The molecule has 100 valence electrons. The van der Waals surface area contributed by atoms with Gasteiger partial charge in [-0.15, -0.1) is 0 Å². The van der Waals surface area contributed by atoms with E-state index in [1.165, 1.54) is 47.1 Å². The third-order valence-corrected chi connectivity index (χ3v) is 4.39. The first-order chi connectivity index (χ1) is 8.65. The Morgan fingerprint density at radius 2 is 1.83 bits per heavy atom. The highest BCUT2D eigenvalue weighted by Crippen LogP contribution is 2.24. The van der Waals surface area contributed by atoms with Gasteiger partial charge in [-0.1, -0.05) is 18.2 Å². The maximum atomic E-state index is 9.08. The average molecular weight is 248 g/mol. The predicted molar refractivity (Wildman–Crippen MR) is 75.4 cm³/mol. The Labute approximate surface area is 111 Å². The van der Waals surface area contributed by atoms with Crippen LogP contribution in [-0.2, 0) is 6.54 Å². The van der Waals surface area contributed by atoms with Gasteiger partial charge in [0.1, 0.15) is 6.54 Å².